The minimum Gasteiger partial charge on any atom is -0.492 e. The SMILES string of the molecule is CC(=O)Nc1ccc(OCCNC(C)C)cc1. The molecule has 1 amide bonds. The fraction of sp³-hybridized carbons (Fsp3) is 0.462. The molecule has 4 nitrogen and oxygen atoms in total. The molecule has 0 aliphatic carbocycles. The van der Waals surface area contributed by atoms with Crippen molar-refractivity contribution in [1.82, 2.24) is 5.32 Å². The first-order valence-electron chi connectivity index (χ1n) is 5.82. The number of benzene rings is 1. The molecule has 0 saturated carbocycles. The van der Waals surface area contributed by atoms with Crippen LogP contribution in [0.25, 0.3) is 0 Å². The van der Waals surface area contributed by atoms with Crippen LogP contribution in [0.3, 0.4) is 0 Å². The maximum absolute atomic E-state index is 10.8. The molecule has 2 N–H and O–H groups in total. The quantitative estimate of drug-likeness (QED) is 0.743. The first kappa shape index (κ1) is 13.5. The number of amides is 1. The minimum atomic E-state index is -0.0696. The molecule has 0 aliphatic heterocycles. The van der Waals surface area contributed by atoms with Gasteiger partial charge in [0, 0.05) is 25.2 Å². The number of hydrogen-bond acceptors (Lipinski definition) is 3. The summed E-state index contributed by atoms with van der Waals surface area (Å²) in [6.07, 6.45) is 0. The highest BCUT2D eigenvalue weighted by Crippen LogP contribution is 2.15. The van der Waals surface area contributed by atoms with Gasteiger partial charge in [-0.3, -0.25) is 4.79 Å². The van der Waals surface area contributed by atoms with Crippen molar-refractivity contribution in [2.45, 2.75) is 26.8 Å². The Morgan fingerprint density at radius 1 is 1.29 bits per heavy atom. The highest BCUT2D eigenvalue weighted by molar-refractivity contribution is 5.88. The van der Waals surface area contributed by atoms with Crippen LogP contribution in [0.1, 0.15) is 20.8 Å². The first-order valence-corrected chi connectivity index (χ1v) is 5.82. The van der Waals surface area contributed by atoms with Crippen molar-refractivity contribution in [1.29, 1.82) is 0 Å². The number of rotatable bonds is 6. The molecule has 0 bridgehead atoms. The fourth-order valence-corrected chi connectivity index (χ4v) is 1.35. The summed E-state index contributed by atoms with van der Waals surface area (Å²) in [4.78, 5) is 10.8. The summed E-state index contributed by atoms with van der Waals surface area (Å²) in [5.74, 6) is 0.740. The van der Waals surface area contributed by atoms with Crippen LogP contribution in [0.4, 0.5) is 5.69 Å². The molecular formula is C13H20N2O2. The summed E-state index contributed by atoms with van der Waals surface area (Å²) in [6.45, 7) is 7.15. The van der Waals surface area contributed by atoms with Gasteiger partial charge in [0.05, 0.1) is 0 Å². The van der Waals surface area contributed by atoms with E-state index in [1.54, 1.807) is 0 Å². The largest absolute Gasteiger partial charge is 0.492 e. The summed E-state index contributed by atoms with van der Waals surface area (Å²) in [7, 11) is 0. The van der Waals surface area contributed by atoms with Crippen molar-refractivity contribution in [3.8, 4) is 5.75 Å². The van der Waals surface area contributed by atoms with E-state index in [1.165, 1.54) is 6.92 Å². The van der Waals surface area contributed by atoms with Gasteiger partial charge >= 0.3 is 0 Å². The van der Waals surface area contributed by atoms with E-state index < -0.39 is 0 Å². The van der Waals surface area contributed by atoms with Gasteiger partial charge in [-0.05, 0) is 24.3 Å². The van der Waals surface area contributed by atoms with E-state index in [4.69, 9.17) is 4.74 Å². The molecule has 0 heterocycles. The third-order valence-electron chi connectivity index (χ3n) is 2.10. The van der Waals surface area contributed by atoms with Gasteiger partial charge in [-0.15, -0.1) is 0 Å². The molecule has 0 aromatic heterocycles. The second kappa shape index (κ2) is 6.91. The monoisotopic (exact) mass is 236 g/mol. The van der Waals surface area contributed by atoms with Gasteiger partial charge in [-0.2, -0.15) is 0 Å². The predicted molar refractivity (Wildman–Crippen MR) is 69.4 cm³/mol. The van der Waals surface area contributed by atoms with Crippen LogP contribution in [0.15, 0.2) is 24.3 Å². The van der Waals surface area contributed by atoms with Crippen LogP contribution in [-0.4, -0.2) is 25.1 Å². The van der Waals surface area contributed by atoms with Crippen molar-refractivity contribution in [3.05, 3.63) is 24.3 Å². The summed E-state index contributed by atoms with van der Waals surface area (Å²) in [5, 5.41) is 5.98. The van der Waals surface area contributed by atoms with Gasteiger partial charge in [0.25, 0.3) is 0 Å². The van der Waals surface area contributed by atoms with Crippen LogP contribution < -0.4 is 15.4 Å². The maximum Gasteiger partial charge on any atom is 0.221 e. The molecule has 17 heavy (non-hydrogen) atoms. The first-order chi connectivity index (χ1) is 8.08. The van der Waals surface area contributed by atoms with E-state index >= 15 is 0 Å². The Morgan fingerprint density at radius 3 is 2.47 bits per heavy atom. The lowest BCUT2D eigenvalue weighted by Gasteiger charge is -2.10. The molecule has 1 rings (SSSR count). The highest BCUT2D eigenvalue weighted by atomic mass is 16.5. The number of carbonyl (C=O) groups is 1. The molecular weight excluding hydrogens is 216 g/mol. The van der Waals surface area contributed by atoms with Crippen molar-refractivity contribution in [2.24, 2.45) is 0 Å². The minimum absolute atomic E-state index is 0.0696. The van der Waals surface area contributed by atoms with Crippen molar-refractivity contribution in [2.75, 3.05) is 18.5 Å². The Kier molecular flexibility index (Phi) is 5.49. The lowest BCUT2D eigenvalue weighted by Crippen LogP contribution is -2.27. The number of carbonyl (C=O) groups excluding carboxylic acids is 1. The van der Waals surface area contributed by atoms with Crippen LogP contribution >= 0.6 is 0 Å². The topological polar surface area (TPSA) is 50.4 Å². The van der Waals surface area contributed by atoms with Gasteiger partial charge in [0.1, 0.15) is 12.4 Å². The van der Waals surface area contributed by atoms with Crippen LogP contribution in [0.2, 0.25) is 0 Å². The van der Waals surface area contributed by atoms with Gasteiger partial charge in [-0.25, -0.2) is 0 Å². The van der Waals surface area contributed by atoms with E-state index in [2.05, 4.69) is 24.5 Å². The van der Waals surface area contributed by atoms with Gasteiger partial charge < -0.3 is 15.4 Å². The number of anilines is 1. The highest BCUT2D eigenvalue weighted by Gasteiger charge is 1.97. The third kappa shape index (κ3) is 5.92. The van der Waals surface area contributed by atoms with E-state index in [9.17, 15) is 4.79 Å². The smallest absolute Gasteiger partial charge is 0.221 e. The molecule has 0 atom stereocenters. The zero-order chi connectivity index (χ0) is 12.7. The Bertz CT molecular complexity index is 347. The zero-order valence-corrected chi connectivity index (χ0v) is 10.6. The summed E-state index contributed by atoms with van der Waals surface area (Å²) in [5.41, 5.74) is 0.783. The summed E-state index contributed by atoms with van der Waals surface area (Å²) < 4.78 is 5.54. The second-order valence-electron chi connectivity index (χ2n) is 4.16. The van der Waals surface area contributed by atoms with Gasteiger partial charge in [0.15, 0.2) is 0 Å². The standard InChI is InChI=1S/C13H20N2O2/c1-10(2)14-8-9-17-13-6-4-12(5-7-13)15-11(3)16/h4-7,10,14H,8-9H2,1-3H3,(H,15,16). The van der Waals surface area contributed by atoms with Crippen LogP contribution in [-0.2, 0) is 4.79 Å². The summed E-state index contributed by atoms with van der Waals surface area (Å²) >= 11 is 0. The predicted octanol–water partition coefficient (Wildman–Crippen LogP) is 2.02. The average molecular weight is 236 g/mol. The third-order valence-corrected chi connectivity index (χ3v) is 2.10. The second-order valence-corrected chi connectivity index (χ2v) is 4.16. The average Bonchev–Trinajstić information content (AvgIpc) is 2.25. The van der Waals surface area contributed by atoms with Gasteiger partial charge in [0.2, 0.25) is 5.91 Å². The van der Waals surface area contributed by atoms with E-state index in [1.807, 2.05) is 24.3 Å². The number of ether oxygens (including phenoxy) is 1. The molecule has 1 aromatic carbocycles. The van der Waals surface area contributed by atoms with Crippen molar-refractivity contribution in [3.63, 3.8) is 0 Å². The molecule has 0 aliphatic rings. The fourth-order valence-electron chi connectivity index (χ4n) is 1.35. The van der Waals surface area contributed by atoms with Crippen molar-refractivity contribution < 1.29 is 9.53 Å². The Labute approximate surface area is 102 Å². The van der Waals surface area contributed by atoms with Crippen LogP contribution in [0.5, 0.6) is 5.75 Å². The Morgan fingerprint density at radius 2 is 1.94 bits per heavy atom. The van der Waals surface area contributed by atoms with E-state index in [0.717, 1.165) is 18.0 Å². The molecule has 94 valence electrons. The Hall–Kier alpha value is -1.55. The lowest BCUT2D eigenvalue weighted by molar-refractivity contribution is -0.114. The lowest BCUT2D eigenvalue weighted by atomic mass is 10.3. The molecule has 1 aromatic rings. The molecule has 0 spiro atoms. The number of nitrogens with one attached hydrogen (secondary N) is 2. The normalized spacial score (nSPS) is 10.4. The molecule has 0 unspecified atom stereocenters. The number of hydrogen-bond donors (Lipinski definition) is 2. The maximum atomic E-state index is 10.8. The Balaban J connectivity index is 2.32. The van der Waals surface area contributed by atoms with Gasteiger partial charge in [-0.1, -0.05) is 13.8 Å². The zero-order valence-electron chi connectivity index (χ0n) is 10.6. The van der Waals surface area contributed by atoms with Crippen molar-refractivity contribution >= 4 is 11.6 Å². The molecule has 0 radical (unpaired) electrons. The molecule has 4 heteroatoms. The summed E-state index contributed by atoms with van der Waals surface area (Å²) in [6, 6.07) is 7.82. The molecule has 0 saturated heterocycles. The van der Waals surface area contributed by atoms with Crippen LogP contribution in [0, 0.1) is 0 Å². The van der Waals surface area contributed by atoms with E-state index in [0.29, 0.717) is 12.6 Å². The molecule has 0 fully saturated rings. The van der Waals surface area contributed by atoms with E-state index in [-0.39, 0.29) is 5.91 Å².